The molecule has 0 bridgehead atoms. The molecular weight excluding hydrogens is 801 g/mol. The molecule has 26 heteroatoms. The number of hydrogen-bond donors (Lipinski definition) is 4. The first-order chi connectivity index (χ1) is 25.7. The molecule has 0 spiro atoms. The number of carbonyl (C=O) groups excluding carboxylic acids is 8. The number of benzene rings is 1. The van der Waals surface area contributed by atoms with E-state index in [1.165, 1.54) is 33.8 Å². The number of aromatic nitrogens is 4. The predicted molar refractivity (Wildman–Crippen MR) is 180 cm³/mol. The second-order valence-corrected chi connectivity index (χ2v) is 14.0. The summed E-state index contributed by atoms with van der Waals surface area (Å²) in [6.07, 6.45) is -0.0171. The maximum atomic E-state index is 14.2. The van der Waals surface area contributed by atoms with Crippen LogP contribution in [0.1, 0.15) is 24.9 Å². The number of thioether (sulfide) groups is 2. The van der Waals surface area contributed by atoms with Crippen LogP contribution in [0.3, 0.4) is 0 Å². The predicted octanol–water partition coefficient (Wildman–Crippen LogP) is -10.8. The van der Waals surface area contributed by atoms with Gasteiger partial charge in [-0.3, -0.25) is 33.8 Å². The molecule has 4 atom stereocenters. The van der Waals surface area contributed by atoms with Gasteiger partial charge in [0.1, 0.15) is 24.6 Å². The minimum atomic E-state index is -1.66. The normalized spacial score (nSPS) is 18.7. The van der Waals surface area contributed by atoms with Gasteiger partial charge in [-0.25, -0.2) is 9.48 Å². The molecule has 4 heterocycles. The zero-order valence-electron chi connectivity index (χ0n) is 30.6. The molecule has 2 unspecified atom stereocenters. The zero-order chi connectivity index (χ0) is 39.3. The van der Waals surface area contributed by atoms with Crippen LogP contribution < -0.4 is 91.0 Å². The molecule has 0 aliphatic carbocycles. The SMILES string of the molecule is CCN1CCN(C(=O)NC(C(=O)NC2S[C@H]3CC(=O)N3C(C(=O)[O-])=C2CSc2nnnn2C)c2cccc(NCC(=O)OC[C@@H](N)C(=O)[O-])c2)C(=O)C1=O.[Na+].[Na+]. The maximum absolute atomic E-state index is 14.2. The number of esters is 1. The molecule has 1 aromatic carbocycles. The Kier molecular flexibility index (Phi) is 17.2. The van der Waals surface area contributed by atoms with Crippen LogP contribution in [0, 0.1) is 0 Å². The number of piperazine rings is 1. The molecule has 6 amide bonds. The topological polar surface area (TPSA) is 307 Å². The standard InChI is InChI=1S/C30H35N11O11S2.2Na/c1-3-39-7-8-40(26(46)25(39)45)29(51)33-21(14-5-4-6-15(9-14)32-11-20(43)52-12-17(31)27(47)48)23(44)34-24-16(13-53-30-35-36-37-38(30)2)22(28(49)50)41-18(42)10-19(41)54-24;;/h4-6,9,17,19,21,24,32H,3,7-8,10-13,31H2,1-2H3,(H,33,51)(H,34,44)(H,47,48)(H,49,50);;/q;2*+1/p-2/t17-,19+,21?,24?;;/m1../s1. The second kappa shape index (κ2) is 20.6. The molecular formula is C30H33N11Na2O11S2. The molecule has 22 nitrogen and oxygen atoms in total. The van der Waals surface area contributed by atoms with E-state index >= 15 is 0 Å². The number of aliphatic carboxylic acids is 2. The van der Waals surface area contributed by atoms with Crippen molar-refractivity contribution in [1.29, 1.82) is 0 Å². The largest absolute Gasteiger partial charge is 1.00 e. The number of β-lactam (4-membered cyclic amide) rings is 1. The average molecular weight is 834 g/mol. The number of carbonyl (C=O) groups is 8. The Morgan fingerprint density at radius 2 is 1.84 bits per heavy atom. The van der Waals surface area contributed by atoms with Gasteiger partial charge in [0.2, 0.25) is 17.0 Å². The van der Waals surface area contributed by atoms with Crippen molar-refractivity contribution in [1.82, 2.24) is 45.5 Å². The number of amides is 6. The van der Waals surface area contributed by atoms with Gasteiger partial charge in [0.15, 0.2) is 0 Å². The number of nitrogens with two attached hydrogens (primary N) is 1. The number of tetrazole rings is 1. The van der Waals surface area contributed by atoms with Crippen molar-refractivity contribution in [2.24, 2.45) is 12.8 Å². The van der Waals surface area contributed by atoms with E-state index in [9.17, 15) is 48.6 Å². The van der Waals surface area contributed by atoms with E-state index in [0.29, 0.717) is 10.1 Å². The summed E-state index contributed by atoms with van der Waals surface area (Å²) in [5.74, 6) is -7.59. The third kappa shape index (κ3) is 10.8. The van der Waals surface area contributed by atoms with Crippen LogP contribution in [0.2, 0.25) is 0 Å². The van der Waals surface area contributed by atoms with Crippen LogP contribution >= 0.6 is 23.5 Å². The molecule has 5 rings (SSSR count). The number of likely N-dealkylation sites (N-methyl/N-ethyl adjacent to an activating group) is 1. The molecule has 56 heavy (non-hydrogen) atoms. The van der Waals surface area contributed by atoms with Crippen molar-refractivity contribution in [2.75, 3.05) is 43.9 Å². The maximum Gasteiger partial charge on any atom is 1.00 e. The van der Waals surface area contributed by atoms with E-state index in [-0.39, 0.29) is 108 Å². The zero-order valence-corrected chi connectivity index (χ0v) is 36.2. The molecule has 2 fully saturated rings. The first-order valence-electron chi connectivity index (χ1n) is 16.1. The summed E-state index contributed by atoms with van der Waals surface area (Å²) in [5.41, 5.74) is 5.32. The van der Waals surface area contributed by atoms with Gasteiger partial charge in [0, 0.05) is 38.1 Å². The number of hydrogen-bond acceptors (Lipinski definition) is 18. The number of carboxylic acid groups (broad SMARTS) is 2. The smallest absolute Gasteiger partial charge is 0.548 e. The van der Waals surface area contributed by atoms with E-state index < -0.39 is 89.2 Å². The number of urea groups is 1. The van der Waals surface area contributed by atoms with Gasteiger partial charge in [0.05, 0.1) is 35.5 Å². The summed E-state index contributed by atoms with van der Waals surface area (Å²) in [6, 6.07) is 1.65. The third-order valence-electron chi connectivity index (χ3n) is 8.31. The van der Waals surface area contributed by atoms with Crippen molar-refractivity contribution >= 4 is 76.8 Å². The summed E-state index contributed by atoms with van der Waals surface area (Å²) < 4.78 is 6.17. The number of carboxylic acids is 2. The van der Waals surface area contributed by atoms with Gasteiger partial charge in [-0.2, -0.15) is 0 Å². The number of imide groups is 1. The Bertz CT molecular complexity index is 1920. The fraction of sp³-hybridized carbons (Fsp3) is 0.433. The quantitative estimate of drug-likeness (QED) is 0.0426. The number of aryl methyl sites for hydroxylation is 1. The van der Waals surface area contributed by atoms with Crippen LogP contribution in [0.15, 0.2) is 40.7 Å². The van der Waals surface area contributed by atoms with Crippen molar-refractivity contribution in [3.05, 3.63) is 41.1 Å². The molecule has 288 valence electrons. The number of anilines is 1. The number of nitrogens with one attached hydrogen (secondary N) is 3. The minimum absolute atomic E-state index is 0. The molecule has 1 aromatic heterocycles. The summed E-state index contributed by atoms with van der Waals surface area (Å²) in [7, 11) is 1.56. The van der Waals surface area contributed by atoms with Crippen LogP contribution in [0.25, 0.3) is 0 Å². The number of ether oxygens (including phenoxy) is 1. The fourth-order valence-corrected chi connectivity index (χ4v) is 7.90. The van der Waals surface area contributed by atoms with Crippen LogP contribution in [0.4, 0.5) is 10.5 Å². The van der Waals surface area contributed by atoms with Gasteiger partial charge in [-0.15, -0.1) is 16.9 Å². The number of fused-ring (bicyclic) bond motifs is 1. The van der Waals surface area contributed by atoms with E-state index in [1.807, 2.05) is 0 Å². The van der Waals surface area contributed by atoms with Gasteiger partial charge >= 0.3 is 82.9 Å². The van der Waals surface area contributed by atoms with Gasteiger partial charge in [-0.05, 0) is 40.6 Å². The van der Waals surface area contributed by atoms with E-state index in [2.05, 4.69) is 31.5 Å². The Morgan fingerprint density at radius 1 is 1.11 bits per heavy atom. The summed E-state index contributed by atoms with van der Waals surface area (Å²) in [6.45, 7) is 0.705. The molecule has 3 aliphatic heterocycles. The molecule has 2 aromatic rings. The fourth-order valence-electron chi connectivity index (χ4n) is 5.45. The summed E-state index contributed by atoms with van der Waals surface area (Å²) in [5, 5.41) is 41.0. The number of rotatable bonds is 15. The van der Waals surface area contributed by atoms with E-state index in [4.69, 9.17) is 10.5 Å². The van der Waals surface area contributed by atoms with Crippen molar-refractivity contribution in [3.63, 3.8) is 0 Å². The van der Waals surface area contributed by atoms with Crippen LogP contribution in [-0.2, 0) is 45.3 Å². The molecule has 3 aliphatic rings. The van der Waals surface area contributed by atoms with Crippen LogP contribution in [-0.4, -0.2) is 138 Å². The molecule has 2 saturated heterocycles. The Balaban J connectivity index is 0.00000420. The Labute approximate surface area is 370 Å². The van der Waals surface area contributed by atoms with Gasteiger partial charge in [-0.1, -0.05) is 23.9 Å². The summed E-state index contributed by atoms with van der Waals surface area (Å²) >= 11 is 2.12. The Hall–Kier alpha value is -3.75. The first kappa shape index (κ1) is 46.6. The van der Waals surface area contributed by atoms with E-state index in [0.717, 1.165) is 28.4 Å². The monoisotopic (exact) mass is 833 g/mol. The second-order valence-electron chi connectivity index (χ2n) is 11.8. The third-order valence-corrected chi connectivity index (χ3v) is 10.7. The van der Waals surface area contributed by atoms with Gasteiger partial charge in [0.25, 0.3) is 0 Å². The van der Waals surface area contributed by atoms with Crippen molar-refractivity contribution in [2.45, 2.75) is 41.3 Å². The van der Waals surface area contributed by atoms with E-state index in [1.54, 1.807) is 14.0 Å². The summed E-state index contributed by atoms with van der Waals surface area (Å²) in [4.78, 5) is 104. The Morgan fingerprint density at radius 3 is 2.46 bits per heavy atom. The molecule has 0 saturated carbocycles. The van der Waals surface area contributed by atoms with Gasteiger partial charge < -0.3 is 51.1 Å². The first-order valence-corrected chi connectivity index (χ1v) is 18.1. The molecule has 5 N–H and O–H groups in total. The minimum Gasteiger partial charge on any atom is -0.548 e. The van der Waals surface area contributed by atoms with Crippen molar-refractivity contribution < 1.29 is 112 Å². The average Bonchev–Trinajstić information content (AvgIpc) is 3.55. The number of nitrogens with zero attached hydrogens (tertiary/aromatic N) is 7. The molecule has 0 radical (unpaired) electrons. The van der Waals surface area contributed by atoms with Crippen LogP contribution in [0.5, 0.6) is 0 Å². The van der Waals surface area contributed by atoms with Crippen molar-refractivity contribution in [3.8, 4) is 0 Å².